The first-order valence-corrected chi connectivity index (χ1v) is 9.59. The Balaban J connectivity index is 2.20. The van der Waals surface area contributed by atoms with E-state index in [2.05, 4.69) is 15.0 Å². The molecule has 0 fully saturated rings. The maximum Gasteiger partial charge on any atom is 0.301 e. The van der Waals surface area contributed by atoms with Crippen molar-refractivity contribution in [3.8, 4) is 0 Å². The summed E-state index contributed by atoms with van der Waals surface area (Å²) in [6.45, 7) is 1.84. The van der Waals surface area contributed by atoms with Crippen LogP contribution in [0.15, 0.2) is 29.0 Å². The summed E-state index contributed by atoms with van der Waals surface area (Å²) in [7, 11) is -1.62. The SMILES string of the molecule is CCc1ccc(Nc2c(F)c(F)c3ncoc3c2NS(=O)(=O)N(C)C)c(F)c1. The number of fused-ring (bicyclic) bond motifs is 1. The Kier molecular flexibility index (Phi) is 5.22. The zero-order chi connectivity index (χ0) is 20.6. The van der Waals surface area contributed by atoms with Gasteiger partial charge < -0.3 is 9.73 Å². The molecular formula is C17H17F3N4O3S. The average molecular weight is 414 g/mol. The number of halogens is 3. The van der Waals surface area contributed by atoms with Gasteiger partial charge in [-0.2, -0.15) is 12.7 Å². The lowest BCUT2D eigenvalue weighted by Crippen LogP contribution is -2.29. The molecule has 0 amide bonds. The fourth-order valence-corrected chi connectivity index (χ4v) is 3.10. The Morgan fingerprint density at radius 1 is 1.14 bits per heavy atom. The van der Waals surface area contributed by atoms with Gasteiger partial charge in [-0.15, -0.1) is 0 Å². The summed E-state index contributed by atoms with van der Waals surface area (Å²) in [6.07, 6.45) is 1.43. The highest BCUT2D eigenvalue weighted by Gasteiger charge is 2.27. The second-order valence-electron chi connectivity index (χ2n) is 6.09. The van der Waals surface area contributed by atoms with Crippen molar-refractivity contribution in [1.82, 2.24) is 9.29 Å². The van der Waals surface area contributed by atoms with Crippen LogP contribution in [-0.4, -0.2) is 31.8 Å². The van der Waals surface area contributed by atoms with Gasteiger partial charge in [0.25, 0.3) is 0 Å². The van der Waals surface area contributed by atoms with Gasteiger partial charge in [-0.3, -0.25) is 4.72 Å². The van der Waals surface area contributed by atoms with Crippen LogP contribution in [0.2, 0.25) is 0 Å². The third-order valence-electron chi connectivity index (χ3n) is 4.08. The van der Waals surface area contributed by atoms with Crippen LogP contribution in [-0.2, 0) is 16.6 Å². The standard InChI is InChI=1S/C17H17F3N4O3S/c1-4-9-5-6-11(10(18)7-9)22-14-12(19)13(20)15-17(27-8-21-15)16(14)23-28(25,26)24(2)3/h5-8,22-23H,4H2,1-3H3. The van der Waals surface area contributed by atoms with E-state index in [1.54, 1.807) is 6.07 Å². The van der Waals surface area contributed by atoms with E-state index in [0.717, 1.165) is 10.7 Å². The molecule has 0 saturated heterocycles. The molecule has 2 aromatic carbocycles. The summed E-state index contributed by atoms with van der Waals surface area (Å²) < 4.78 is 75.9. The van der Waals surface area contributed by atoms with Gasteiger partial charge >= 0.3 is 10.2 Å². The molecule has 0 atom stereocenters. The number of aromatic nitrogens is 1. The van der Waals surface area contributed by atoms with Gasteiger partial charge in [0.1, 0.15) is 17.2 Å². The highest BCUT2D eigenvalue weighted by Crippen LogP contribution is 2.39. The van der Waals surface area contributed by atoms with Crippen LogP contribution in [0, 0.1) is 17.5 Å². The highest BCUT2D eigenvalue weighted by atomic mass is 32.2. The number of benzene rings is 2. The van der Waals surface area contributed by atoms with Crippen LogP contribution < -0.4 is 10.0 Å². The molecule has 1 aromatic heterocycles. The predicted molar refractivity (Wildman–Crippen MR) is 99.2 cm³/mol. The van der Waals surface area contributed by atoms with Gasteiger partial charge in [-0.25, -0.2) is 18.2 Å². The van der Waals surface area contributed by atoms with E-state index in [4.69, 9.17) is 4.42 Å². The lowest BCUT2D eigenvalue weighted by Gasteiger charge is -2.18. The number of nitrogens with one attached hydrogen (secondary N) is 2. The van der Waals surface area contributed by atoms with E-state index >= 15 is 0 Å². The maximum atomic E-state index is 14.7. The molecule has 1 heterocycles. The minimum atomic E-state index is -4.11. The van der Waals surface area contributed by atoms with Crippen molar-refractivity contribution in [2.75, 3.05) is 24.1 Å². The molecule has 2 N–H and O–H groups in total. The summed E-state index contributed by atoms with van der Waals surface area (Å²) in [5.74, 6) is -3.50. The van der Waals surface area contributed by atoms with Crippen LogP contribution in [0.1, 0.15) is 12.5 Å². The Morgan fingerprint density at radius 3 is 2.46 bits per heavy atom. The maximum absolute atomic E-state index is 14.7. The highest BCUT2D eigenvalue weighted by molar-refractivity contribution is 7.90. The van der Waals surface area contributed by atoms with Crippen LogP contribution in [0.4, 0.5) is 30.2 Å². The van der Waals surface area contributed by atoms with E-state index in [1.165, 1.54) is 26.2 Å². The monoisotopic (exact) mass is 414 g/mol. The van der Waals surface area contributed by atoms with Gasteiger partial charge in [-0.1, -0.05) is 13.0 Å². The molecule has 150 valence electrons. The number of oxazole rings is 1. The number of aryl methyl sites for hydroxylation is 1. The first-order chi connectivity index (χ1) is 13.2. The van der Waals surface area contributed by atoms with Crippen LogP contribution in [0.5, 0.6) is 0 Å². The molecule has 28 heavy (non-hydrogen) atoms. The van der Waals surface area contributed by atoms with Gasteiger partial charge in [-0.05, 0) is 24.1 Å². The lowest BCUT2D eigenvalue weighted by atomic mass is 10.1. The largest absolute Gasteiger partial charge is 0.441 e. The van der Waals surface area contributed by atoms with Crippen molar-refractivity contribution in [1.29, 1.82) is 0 Å². The number of rotatable bonds is 6. The Labute approximate surface area is 159 Å². The molecule has 0 aliphatic rings. The lowest BCUT2D eigenvalue weighted by molar-refractivity contribution is 0.517. The molecule has 0 bridgehead atoms. The topological polar surface area (TPSA) is 87.5 Å². The smallest absolute Gasteiger partial charge is 0.301 e. The Hall–Kier alpha value is -2.79. The predicted octanol–water partition coefficient (Wildman–Crippen LogP) is 3.77. The van der Waals surface area contributed by atoms with Gasteiger partial charge in [0.2, 0.25) is 0 Å². The van der Waals surface area contributed by atoms with E-state index in [1.807, 2.05) is 6.92 Å². The van der Waals surface area contributed by atoms with E-state index in [0.29, 0.717) is 12.0 Å². The van der Waals surface area contributed by atoms with Crippen LogP contribution >= 0.6 is 0 Å². The third-order valence-corrected chi connectivity index (χ3v) is 5.50. The third kappa shape index (κ3) is 3.50. The minimum Gasteiger partial charge on any atom is -0.441 e. The van der Waals surface area contributed by atoms with Crippen molar-refractivity contribution >= 4 is 38.4 Å². The molecule has 0 unspecified atom stereocenters. The van der Waals surface area contributed by atoms with Crippen molar-refractivity contribution in [2.24, 2.45) is 0 Å². The molecule has 11 heteroatoms. The van der Waals surface area contributed by atoms with Crippen LogP contribution in [0.25, 0.3) is 11.1 Å². The van der Waals surface area contributed by atoms with Gasteiger partial charge in [0.05, 0.1) is 5.69 Å². The number of nitrogens with zero attached hydrogens (tertiary/aromatic N) is 2. The molecule has 3 aromatic rings. The fourth-order valence-electron chi connectivity index (χ4n) is 2.47. The molecular weight excluding hydrogens is 397 g/mol. The molecule has 3 rings (SSSR count). The summed E-state index contributed by atoms with van der Waals surface area (Å²) in [6, 6.07) is 4.20. The van der Waals surface area contributed by atoms with E-state index in [9.17, 15) is 21.6 Å². The molecule has 0 saturated carbocycles. The zero-order valence-corrected chi connectivity index (χ0v) is 16.0. The second kappa shape index (κ2) is 7.32. The summed E-state index contributed by atoms with van der Waals surface area (Å²) >= 11 is 0. The fraction of sp³-hybridized carbons (Fsp3) is 0.235. The first kappa shape index (κ1) is 20.0. The molecule has 7 nitrogen and oxygen atoms in total. The molecule has 0 aliphatic heterocycles. The summed E-state index contributed by atoms with van der Waals surface area (Å²) in [5, 5.41) is 2.42. The number of anilines is 3. The first-order valence-electron chi connectivity index (χ1n) is 8.15. The van der Waals surface area contributed by atoms with E-state index < -0.39 is 44.6 Å². The van der Waals surface area contributed by atoms with Gasteiger partial charge in [0.15, 0.2) is 29.1 Å². The van der Waals surface area contributed by atoms with Crippen LogP contribution in [0.3, 0.4) is 0 Å². The van der Waals surface area contributed by atoms with Gasteiger partial charge in [0, 0.05) is 14.1 Å². The molecule has 0 radical (unpaired) electrons. The number of hydrogen-bond donors (Lipinski definition) is 2. The Bertz CT molecular complexity index is 1150. The normalized spacial score (nSPS) is 12.0. The summed E-state index contributed by atoms with van der Waals surface area (Å²) in [4.78, 5) is 3.57. The van der Waals surface area contributed by atoms with Crippen molar-refractivity contribution in [2.45, 2.75) is 13.3 Å². The Morgan fingerprint density at radius 2 is 1.86 bits per heavy atom. The molecule has 0 aliphatic carbocycles. The molecule has 0 spiro atoms. The zero-order valence-electron chi connectivity index (χ0n) is 15.2. The second-order valence-corrected chi connectivity index (χ2v) is 7.97. The average Bonchev–Trinajstić information content (AvgIpc) is 3.13. The number of hydrogen-bond acceptors (Lipinski definition) is 5. The van der Waals surface area contributed by atoms with Crippen molar-refractivity contribution < 1.29 is 26.0 Å². The van der Waals surface area contributed by atoms with Crippen molar-refractivity contribution in [3.63, 3.8) is 0 Å². The minimum absolute atomic E-state index is 0.167. The summed E-state index contributed by atoms with van der Waals surface area (Å²) in [5.41, 5.74) is -1.36. The quantitative estimate of drug-likeness (QED) is 0.641. The van der Waals surface area contributed by atoms with E-state index in [-0.39, 0.29) is 11.3 Å². The van der Waals surface area contributed by atoms with Crippen molar-refractivity contribution in [3.05, 3.63) is 47.6 Å².